The van der Waals surface area contributed by atoms with Crippen molar-refractivity contribution in [2.24, 2.45) is 0 Å². The Morgan fingerprint density at radius 1 is 1.22 bits per heavy atom. The molecule has 0 spiro atoms. The second-order valence-electron chi connectivity index (χ2n) is 4.44. The van der Waals surface area contributed by atoms with E-state index in [2.05, 4.69) is 17.4 Å². The fourth-order valence-corrected chi connectivity index (χ4v) is 3.05. The van der Waals surface area contributed by atoms with Gasteiger partial charge >= 0.3 is 0 Å². The first-order chi connectivity index (χ1) is 8.74. The Labute approximate surface area is 115 Å². The number of rotatable bonds is 3. The van der Waals surface area contributed by atoms with Gasteiger partial charge in [-0.15, -0.1) is 11.3 Å². The van der Waals surface area contributed by atoms with Crippen LogP contribution in [0.5, 0.6) is 0 Å². The summed E-state index contributed by atoms with van der Waals surface area (Å²) in [5, 5.41) is 3.04. The molecule has 2 aromatic rings. The van der Waals surface area contributed by atoms with Gasteiger partial charge in [0.2, 0.25) is 0 Å². The minimum Gasteiger partial charge on any atom is -0.348 e. The highest BCUT2D eigenvalue weighted by Gasteiger charge is 2.39. The van der Waals surface area contributed by atoms with Gasteiger partial charge in [0.15, 0.2) is 0 Å². The van der Waals surface area contributed by atoms with Crippen molar-refractivity contribution < 1.29 is 4.79 Å². The number of carbonyl (C=O) groups excluding carboxylic acids is 1. The van der Waals surface area contributed by atoms with E-state index in [0.717, 1.165) is 6.42 Å². The fourth-order valence-electron chi connectivity index (χ4n) is 2.10. The maximum atomic E-state index is 11.9. The van der Waals surface area contributed by atoms with Crippen LogP contribution in [-0.4, -0.2) is 11.9 Å². The summed E-state index contributed by atoms with van der Waals surface area (Å²) in [6, 6.07) is 14.1. The number of nitrogens with one attached hydrogen (secondary N) is 1. The smallest absolute Gasteiger partial charge is 0.261 e. The number of hydrogen-bond donors (Lipinski definition) is 1. The number of thiophene rings is 1. The zero-order valence-electron chi connectivity index (χ0n) is 9.60. The van der Waals surface area contributed by atoms with Gasteiger partial charge in [-0.3, -0.25) is 4.79 Å². The molecule has 3 rings (SSSR count). The minimum atomic E-state index is -0.0182. The molecule has 4 heteroatoms. The molecule has 2 atom stereocenters. The number of carbonyl (C=O) groups is 1. The average Bonchev–Trinajstić information content (AvgIpc) is 3.01. The Morgan fingerprint density at radius 2 is 2.00 bits per heavy atom. The van der Waals surface area contributed by atoms with Gasteiger partial charge < -0.3 is 5.32 Å². The highest BCUT2D eigenvalue weighted by molar-refractivity contribution is 7.17. The van der Waals surface area contributed by atoms with Crippen LogP contribution >= 0.6 is 22.9 Å². The summed E-state index contributed by atoms with van der Waals surface area (Å²) in [7, 11) is 0. The van der Waals surface area contributed by atoms with Crippen molar-refractivity contribution in [3.05, 3.63) is 57.2 Å². The summed E-state index contributed by atoms with van der Waals surface area (Å²) in [6.45, 7) is 0. The lowest BCUT2D eigenvalue weighted by Crippen LogP contribution is -2.25. The molecule has 0 radical (unpaired) electrons. The van der Waals surface area contributed by atoms with Crippen molar-refractivity contribution in [1.82, 2.24) is 5.32 Å². The molecule has 1 aliphatic carbocycles. The van der Waals surface area contributed by atoms with Crippen molar-refractivity contribution in [3.63, 3.8) is 0 Å². The molecule has 0 saturated heterocycles. The maximum Gasteiger partial charge on any atom is 0.261 e. The molecule has 1 aromatic heterocycles. The van der Waals surface area contributed by atoms with Gasteiger partial charge in [-0.25, -0.2) is 0 Å². The Kier molecular flexibility index (Phi) is 3.10. The van der Waals surface area contributed by atoms with E-state index in [9.17, 15) is 4.79 Å². The Balaban J connectivity index is 1.62. The molecular formula is C14H12ClNOS. The van der Waals surface area contributed by atoms with Crippen LogP contribution in [0.1, 0.15) is 27.6 Å². The summed E-state index contributed by atoms with van der Waals surface area (Å²) in [4.78, 5) is 12.6. The van der Waals surface area contributed by atoms with Crippen LogP contribution in [0.4, 0.5) is 0 Å². The molecule has 1 saturated carbocycles. The molecule has 1 aromatic carbocycles. The van der Waals surface area contributed by atoms with E-state index in [0.29, 0.717) is 15.1 Å². The van der Waals surface area contributed by atoms with E-state index in [-0.39, 0.29) is 11.9 Å². The lowest BCUT2D eigenvalue weighted by Gasteiger charge is -2.02. The zero-order chi connectivity index (χ0) is 12.5. The third-order valence-electron chi connectivity index (χ3n) is 3.13. The largest absolute Gasteiger partial charge is 0.348 e. The number of amides is 1. The molecule has 0 bridgehead atoms. The molecule has 0 aliphatic heterocycles. The van der Waals surface area contributed by atoms with Crippen LogP contribution in [0.15, 0.2) is 42.5 Å². The highest BCUT2D eigenvalue weighted by Crippen LogP contribution is 2.40. The van der Waals surface area contributed by atoms with Crippen molar-refractivity contribution in [2.45, 2.75) is 18.4 Å². The maximum absolute atomic E-state index is 11.9. The fraction of sp³-hybridized carbons (Fsp3) is 0.214. The molecule has 1 aliphatic rings. The minimum absolute atomic E-state index is 0.0182. The quantitative estimate of drug-likeness (QED) is 0.911. The van der Waals surface area contributed by atoms with Crippen molar-refractivity contribution >= 4 is 28.8 Å². The van der Waals surface area contributed by atoms with Gasteiger partial charge in [0.1, 0.15) is 0 Å². The van der Waals surface area contributed by atoms with Crippen LogP contribution in [0, 0.1) is 0 Å². The first-order valence-corrected chi connectivity index (χ1v) is 7.04. The molecule has 2 nitrogen and oxygen atoms in total. The van der Waals surface area contributed by atoms with Gasteiger partial charge in [-0.1, -0.05) is 41.9 Å². The van der Waals surface area contributed by atoms with Crippen molar-refractivity contribution in [3.8, 4) is 0 Å². The SMILES string of the molecule is O=C(NC1CC1c1ccccc1)c1ccc(Cl)s1. The third kappa shape index (κ3) is 2.42. The van der Waals surface area contributed by atoms with Gasteiger partial charge in [0, 0.05) is 12.0 Å². The summed E-state index contributed by atoms with van der Waals surface area (Å²) in [5.74, 6) is 0.445. The van der Waals surface area contributed by atoms with E-state index >= 15 is 0 Å². The monoisotopic (exact) mass is 277 g/mol. The first kappa shape index (κ1) is 11.8. The highest BCUT2D eigenvalue weighted by atomic mass is 35.5. The molecule has 1 N–H and O–H groups in total. The van der Waals surface area contributed by atoms with E-state index in [1.165, 1.54) is 16.9 Å². The second kappa shape index (κ2) is 4.75. The predicted octanol–water partition coefficient (Wildman–Crippen LogP) is 3.69. The van der Waals surface area contributed by atoms with Gasteiger partial charge in [0.25, 0.3) is 5.91 Å². The molecule has 2 unspecified atom stereocenters. The predicted molar refractivity (Wildman–Crippen MR) is 74.4 cm³/mol. The summed E-state index contributed by atoms with van der Waals surface area (Å²) >= 11 is 7.14. The lowest BCUT2D eigenvalue weighted by molar-refractivity contribution is 0.0954. The van der Waals surface area contributed by atoms with Gasteiger partial charge in [0.05, 0.1) is 9.21 Å². The summed E-state index contributed by atoms with van der Waals surface area (Å²) in [5.41, 5.74) is 1.30. The first-order valence-electron chi connectivity index (χ1n) is 5.85. The van der Waals surface area contributed by atoms with Crippen LogP contribution in [0.2, 0.25) is 4.34 Å². The Bertz CT molecular complexity index is 566. The second-order valence-corrected chi connectivity index (χ2v) is 6.15. The zero-order valence-corrected chi connectivity index (χ0v) is 11.2. The summed E-state index contributed by atoms with van der Waals surface area (Å²) in [6.07, 6.45) is 1.02. The van der Waals surface area contributed by atoms with Crippen molar-refractivity contribution in [2.75, 3.05) is 0 Å². The van der Waals surface area contributed by atoms with Crippen molar-refractivity contribution in [1.29, 1.82) is 0 Å². The van der Waals surface area contributed by atoms with Gasteiger partial charge in [-0.2, -0.15) is 0 Å². The Morgan fingerprint density at radius 3 is 2.67 bits per heavy atom. The molecule has 92 valence electrons. The molecule has 1 amide bonds. The number of benzene rings is 1. The molecule has 18 heavy (non-hydrogen) atoms. The Hall–Kier alpha value is -1.32. The standard InChI is InChI=1S/C14H12ClNOS/c15-13-7-6-12(18-13)14(17)16-11-8-10(11)9-4-2-1-3-5-9/h1-7,10-11H,8H2,(H,16,17). The van der Waals surface area contributed by atoms with Crippen LogP contribution in [0.3, 0.4) is 0 Å². The van der Waals surface area contributed by atoms with Gasteiger partial charge in [-0.05, 0) is 24.1 Å². The lowest BCUT2D eigenvalue weighted by atomic mass is 10.1. The molecule has 1 fully saturated rings. The molecular weight excluding hydrogens is 266 g/mol. The van der Waals surface area contributed by atoms with Crippen LogP contribution in [0.25, 0.3) is 0 Å². The van der Waals surface area contributed by atoms with Crippen LogP contribution < -0.4 is 5.32 Å². The summed E-state index contributed by atoms with van der Waals surface area (Å²) < 4.78 is 0.649. The molecule has 1 heterocycles. The van der Waals surface area contributed by atoms with E-state index in [1.807, 2.05) is 18.2 Å². The van der Waals surface area contributed by atoms with E-state index in [1.54, 1.807) is 12.1 Å². The normalized spacial score (nSPS) is 21.6. The average molecular weight is 278 g/mol. The van der Waals surface area contributed by atoms with E-state index in [4.69, 9.17) is 11.6 Å². The topological polar surface area (TPSA) is 29.1 Å². The third-order valence-corrected chi connectivity index (χ3v) is 4.36. The van der Waals surface area contributed by atoms with Crippen LogP contribution in [-0.2, 0) is 0 Å². The number of hydrogen-bond acceptors (Lipinski definition) is 2. The number of halogens is 1. The van der Waals surface area contributed by atoms with E-state index < -0.39 is 0 Å².